The molecule has 1 aliphatic rings. The standard InChI is InChI=1S/C14H22N2O2S/c1-10-4-3-5-11(2)14(10)16-12-6-8-13(9-7-12)19(15,17)18/h6-11,14,16H,3-5H2,1-2H3,(H2,15,17,18). The zero-order valence-electron chi connectivity index (χ0n) is 11.5. The molecule has 1 fully saturated rings. The van der Waals surface area contributed by atoms with E-state index >= 15 is 0 Å². The maximum Gasteiger partial charge on any atom is 0.238 e. The number of nitrogens with two attached hydrogens (primary N) is 1. The Morgan fingerprint density at radius 1 is 1.11 bits per heavy atom. The molecule has 0 saturated heterocycles. The van der Waals surface area contributed by atoms with Crippen LogP contribution in [-0.2, 0) is 10.0 Å². The van der Waals surface area contributed by atoms with Gasteiger partial charge in [-0.25, -0.2) is 13.6 Å². The van der Waals surface area contributed by atoms with Crippen LogP contribution in [0.4, 0.5) is 5.69 Å². The van der Waals surface area contributed by atoms with Gasteiger partial charge in [-0.15, -0.1) is 0 Å². The van der Waals surface area contributed by atoms with Gasteiger partial charge in [0.15, 0.2) is 0 Å². The highest BCUT2D eigenvalue weighted by Gasteiger charge is 2.27. The Hall–Kier alpha value is -1.07. The smallest absolute Gasteiger partial charge is 0.238 e. The molecule has 0 heterocycles. The summed E-state index contributed by atoms with van der Waals surface area (Å²) in [5, 5.41) is 8.61. The fourth-order valence-electron chi connectivity index (χ4n) is 2.90. The Balaban J connectivity index is 2.11. The third-order valence-electron chi connectivity index (χ3n) is 4.06. The molecule has 0 aromatic heterocycles. The highest BCUT2D eigenvalue weighted by molar-refractivity contribution is 7.89. The maximum atomic E-state index is 11.2. The summed E-state index contributed by atoms with van der Waals surface area (Å²) in [7, 11) is -3.60. The summed E-state index contributed by atoms with van der Waals surface area (Å²) in [4.78, 5) is 0.155. The lowest BCUT2D eigenvalue weighted by molar-refractivity contribution is 0.268. The predicted octanol–water partition coefficient (Wildman–Crippen LogP) is 2.57. The molecule has 0 radical (unpaired) electrons. The Bertz CT molecular complexity index is 515. The topological polar surface area (TPSA) is 72.2 Å². The highest BCUT2D eigenvalue weighted by Crippen LogP contribution is 2.31. The number of nitrogens with one attached hydrogen (secondary N) is 1. The van der Waals surface area contributed by atoms with E-state index in [2.05, 4.69) is 19.2 Å². The van der Waals surface area contributed by atoms with Gasteiger partial charge in [-0.05, 0) is 48.9 Å². The van der Waals surface area contributed by atoms with Gasteiger partial charge >= 0.3 is 0 Å². The number of hydrogen-bond donors (Lipinski definition) is 2. The molecule has 19 heavy (non-hydrogen) atoms. The number of sulfonamides is 1. The van der Waals surface area contributed by atoms with Crippen LogP contribution in [-0.4, -0.2) is 14.5 Å². The molecule has 3 N–H and O–H groups in total. The average Bonchev–Trinajstić information content (AvgIpc) is 2.33. The van der Waals surface area contributed by atoms with Crippen molar-refractivity contribution in [2.45, 2.75) is 44.0 Å². The summed E-state index contributed by atoms with van der Waals surface area (Å²) >= 11 is 0. The number of primary sulfonamides is 1. The van der Waals surface area contributed by atoms with Gasteiger partial charge in [0.25, 0.3) is 0 Å². The second-order valence-electron chi connectivity index (χ2n) is 5.62. The number of rotatable bonds is 3. The molecular formula is C14H22N2O2S. The van der Waals surface area contributed by atoms with Crippen LogP contribution in [0.1, 0.15) is 33.1 Å². The first-order chi connectivity index (χ1) is 8.88. The summed E-state index contributed by atoms with van der Waals surface area (Å²) in [5.74, 6) is 1.28. The molecule has 0 aliphatic heterocycles. The first-order valence-electron chi connectivity index (χ1n) is 6.77. The van der Waals surface area contributed by atoms with E-state index in [1.807, 2.05) is 0 Å². The van der Waals surface area contributed by atoms with Crippen molar-refractivity contribution in [1.82, 2.24) is 0 Å². The van der Waals surface area contributed by atoms with Crippen LogP contribution in [0.2, 0.25) is 0 Å². The van der Waals surface area contributed by atoms with Crippen molar-refractivity contribution in [2.24, 2.45) is 17.0 Å². The van der Waals surface area contributed by atoms with Crippen molar-refractivity contribution in [3.8, 4) is 0 Å². The van der Waals surface area contributed by atoms with Crippen LogP contribution < -0.4 is 10.5 Å². The van der Waals surface area contributed by atoms with Crippen molar-refractivity contribution < 1.29 is 8.42 Å². The molecule has 1 saturated carbocycles. The van der Waals surface area contributed by atoms with Crippen molar-refractivity contribution in [2.75, 3.05) is 5.32 Å². The lowest BCUT2D eigenvalue weighted by Crippen LogP contribution is -2.37. The number of anilines is 1. The molecule has 5 heteroatoms. The minimum atomic E-state index is -3.60. The normalized spacial score (nSPS) is 28.1. The van der Waals surface area contributed by atoms with Crippen molar-refractivity contribution in [3.63, 3.8) is 0 Å². The third-order valence-corrected chi connectivity index (χ3v) is 4.99. The summed E-state index contributed by atoms with van der Waals surface area (Å²) in [5.41, 5.74) is 0.956. The Kier molecular flexibility index (Phi) is 4.16. The zero-order chi connectivity index (χ0) is 14.0. The fraction of sp³-hybridized carbons (Fsp3) is 0.571. The molecule has 0 spiro atoms. The van der Waals surface area contributed by atoms with Gasteiger partial charge < -0.3 is 5.32 Å². The molecule has 0 bridgehead atoms. The first kappa shape index (κ1) is 14.3. The van der Waals surface area contributed by atoms with Crippen LogP contribution in [0.3, 0.4) is 0 Å². The molecule has 106 valence electrons. The van der Waals surface area contributed by atoms with Gasteiger partial charge in [-0.1, -0.05) is 20.3 Å². The van der Waals surface area contributed by atoms with Crippen molar-refractivity contribution in [3.05, 3.63) is 24.3 Å². The molecule has 2 rings (SSSR count). The Morgan fingerprint density at radius 2 is 1.63 bits per heavy atom. The maximum absolute atomic E-state index is 11.2. The van der Waals surface area contributed by atoms with E-state index in [9.17, 15) is 8.42 Å². The lowest BCUT2D eigenvalue weighted by Gasteiger charge is -2.35. The lowest BCUT2D eigenvalue weighted by atomic mass is 9.78. The molecule has 1 aliphatic carbocycles. The SMILES string of the molecule is CC1CCCC(C)C1Nc1ccc(S(N)(=O)=O)cc1. The van der Waals surface area contributed by atoms with E-state index in [-0.39, 0.29) is 4.90 Å². The van der Waals surface area contributed by atoms with Gasteiger partial charge in [-0.2, -0.15) is 0 Å². The highest BCUT2D eigenvalue weighted by atomic mass is 32.2. The molecule has 2 unspecified atom stereocenters. The Labute approximate surface area is 115 Å². The van der Waals surface area contributed by atoms with Gasteiger partial charge in [0.2, 0.25) is 10.0 Å². The van der Waals surface area contributed by atoms with E-state index in [0.29, 0.717) is 17.9 Å². The van der Waals surface area contributed by atoms with Crippen molar-refractivity contribution in [1.29, 1.82) is 0 Å². The zero-order valence-corrected chi connectivity index (χ0v) is 12.3. The molecule has 1 aromatic rings. The molecule has 1 aromatic carbocycles. The predicted molar refractivity (Wildman–Crippen MR) is 77.4 cm³/mol. The minimum absolute atomic E-state index is 0.155. The number of benzene rings is 1. The second kappa shape index (κ2) is 5.51. The largest absolute Gasteiger partial charge is 0.382 e. The van der Waals surface area contributed by atoms with Crippen molar-refractivity contribution >= 4 is 15.7 Å². The quantitative estimate of drug-likeness (QED) is 0.895. The van der Waals surface area contributed by atoms with Gasteiger partial charge in [0.1, 0.15) is 0 Å². The van der Waals surface area contributed by atoms with Crippen LogP contribution in [0.25, 0.3) is 0 Å². The van der Waals surface area contributed by atoms with E-state index in [1.54, 1.807) is 24.3 Å². The van der Waals surface area contributed by atoms with Crippen LogP contribution in [0, 0.1) is 11.8 Å². The summed E-state index contributed by atoms with van der Waals surface area (Å²) in [6.45, 7) is 4.54. The van der Waals surface area contributed by atoms with Gasteiger partial charge in [0, 0.05) is 11.7 Å². The molecule has 0 amide bonds. The minimum Gasteiger partial charge on any atom is -0.382 e. The van der Waals surface area contributed by atoms with E-state index in [0.717, 1.165) is 5.69 Å². The summed E-state index contributed by atoms with van der Waals surface area (Å²) < 4.78 is 22.4. The van der Waals surface area contributed by atoms with E-state index < -0.39 is 10.0 Å². The van der Waals surface area contributed by atoms with Crippen LogP contribution in [0.5, 0.6) is 0 Å². The monoisotopic (exact) mass is 282 g/mol. The molecular weight excluding hydrogens is 260 g/mol. The Morgan fingerprint density at radius 3 is 2.11 bits per heavy atom. The third kappa shape index (κ3) is 3.48. The van der Waals surface area contributed by atoms with Crippen LogP contribution in [0.15, 0.2) is 29.2 Å². The average molecular weight is 282 g/mol. The summed E-state index contributed by atoms with van der Waals surface area (Å²) in [6.07, 6.45) is 3.79. The first-order valence-corrected chi connectivity index (χ1v) is 8.32. The number of hydrogen-bond acceptors (Lipinski definition) is 3. The summed E-state index contributed by atoms with van der Waals surface area (Å²) in [6, 6.07) is 7.13. The molecule has 4 nitrogen and oxygen atoms in total. The van der Waals surface area contributed by atoms with Gasteiger partial charge in [0.05, 0.1) is 4.90 Å². The van der Waals surface area contributed by atoms with E-state index in [4.69, 9.17) is 5.14 Å². The molecule has 2 atom stereocenters. The van der Waals surface area contributed by atoms with Crippen LogP contribution >= 0.6 is 0 Å². The van der Waals surface area contributed by atoms with E-state index in [1.165, 1.54) is 19.3 Å². The fourth-order valence-corrected chi connectivity index (χ4v) is 3.42. The second-order valence-corrected chi connectivity index (χ2v) is 7.19. The van der Waals surface area contributed by atoms with Gasteiger partial charge in [-0.3, -0.25) is 0 Å².